The molecule has 0 aliphatic carbocycles. The Balaban J connectivity index is 2.39. The summed E-state index contributed by atoms with van der Waals surface area (Å²) in [5.41, 5.74) is 1.71. The number of hydrogen-bond donors (Lipinski definition) is 1. The second kappa shape index (κ2) is 4.29. The van der Waals surface area contributed by atoms with Crippen LogP contribution in [-0.2, 0) is 0 Å². The number of aromatic nitrogens is 1. The zero-order valence-electron chi connectivity index (χ0n) is 9.43. The van der Waals surface area contributed by atoms with Gasteiger partial charge in [0.15, 0.2) is 5.76 Å². The van der Waals surface area contributed by atoms with Gasteiger partial charge < -0.3 is 14.3 Å². The molecule has 1 N–H and O–H groups in total. The van der Waals surface area contributed by atoms with E-state index < -0.39 is 5.97 Å². The predicted octanol–water partition coefficient (Wildman–Crippen LogP) is 2.36. The van der Waals surface area contributed by atoms with Crippen LogP contribution in [-0.4, -0.2) is 23.2 Å². The molecule has 17 heavy (non-hydrogen) atoms. The zero-order chi connectivity index (χ0) is 12.4. The molecule has 5 heteroatoms. The van der Waals surface area contributed by atoms with Crippen LogP contribution in [0.2, 0.25) is 0 Å². The maximum Gasteiger partial charge on any atom is 0.392 e. The third kappa shape index (κ3) is 2.13. The molecule has 0 bridgehead atoms. The predicted molar refractivity (Wildman–Crippen MR) is 60.2 cm³/mol. The Bertz CT molecular complexity index is 559. The minimum Gasteiger partial charge on any atom is -0.496 e. The van der Waals surface area contributed by atoms with Gasteiger partial charge >= 0.3 is 11.9 Å². The summed E-state index contributed by atoms with van der Waals surface area (Å²) < 4.78 is 10.2. The molecule has 1 aromatic carbocycles. The maximum atomic E-state index is 10.6. The van der Waals surface area contributed by atoms with Crippen molar-refractivity contribution in [3.05, 3.63) is 35.9 Å². The van der Waals surface area contributed by atoms with Crippen molar-refractivity contribution in [2.75, 3.05) is 7.11 Å². The molecule has 0 saturated carbocycles. The summed E-state index contributed by atoms with van der Waals surface area (Å²) in [6.45, 7) is 1.90. The van der Waals surface area contributed by atoms with Gasteiger partial charge in [-0.25, -0.2) is 9.78 Å². The molecule has 0 unspecified atom stereocenters. The number of methoxy groups -OCH3 is 1. The van der Waals surface area contributed by atoms with Gasteiger partial charge in [-0.15, -0.1) is 0 Å². The van der Waals surface area contributed by atoms with Gasteiger partial charge in [0.1, 0.15) is 5.75 Å². The number of nitrogens with zero attached hydrogens (tertiary/aromatic N) is 1. The van der Waals surface area contributed by atoms with E-state index in [1.807, 2.05) is 13.0 Å². The van der Waals surface area contributed by atoms with Gasteiger partial charge in [-0.05, 0) is 30.7 Å². The lowest BCUT2D eigenvalue weighted by molar-refractivity contribution is 0.0654. The summed E-state index contributed by atoms with van der Waals surface area (Å²) in [4.78, 5) is 14.3. The molecule has 2 rings (SSSR count). The van der Waals surface area contributed by atoms with Crippen LogP contribution in [0.15, 0.2) is 28.8 Å². The minimum atomic E-state index is -1.18. The highest BCUT2D eigenvalue weighted by Gasteiger charge is 2.12. The van der Waals surface area contributed by atoms with E-state index in [2.05, 4.69) is 4.98 Å². The second-order valence-corrected chi connectivity index (χ2v) is 3.52. The Hall–Kier alpha value is -2.30. The SMILES string of the molecule is COc1ccc(-c2cnc(C(=O)O)o2)cc1C. The van der Waals surface area contributed by atoms with Gasteiger partial charge in [0.25, 0.3) is 0 Å². The molecule has 1 aromatic heterocycles. The molecule has 0 spiro atoms. The average Bonchev–Trinajstić information content (AvgIpc) is 2.78. The highest BCUT2D eigenvalue weighted by atomic mass is 16.5. The van der Waals surface area contributed by atoms with Crippen molar-refractivity contribution in [2.45, 2.75) is 6.92 Å². The number of aromatic carboxylic acids is 1. The standard InChI is InChI=1S/C12H11NO4/c1-7-5-8(3-4-9(7)16-2)10-6-13-11(17-10)12(14)15/h3-6H,1-2H3,(H,14,15). The Morgan fingerprint density at radius 2 is 2.24 bits per heavy atom. The molecule has 0 aliphatic heterocycles. The van der Waals surface area contributed by atoms with Crippen LogP contribution < -0.4 is 4.74 Å². The Kier molecular flexibility index (Phi) is 2.82. The van der Waals surface area contributed by atoms with Crippen molar-refractivity contribution >= 4 is 5.97 Å². The van der Waals surface area contributed by atoms with E-state index in [-0.39, 0.29) is 5.89 Å². The number of carbonyl (C=O) groups is 1. The summed E-state index contributed by atoms with van der Waals surface area (Å²) in [5, 5.41) is 8.71. The monoisotopic (exact) mass is 233 g/mol. The first kappa shape index (κ1) is 11.2. The molecule has 0 atom stereocenters. The fourth-order valence-electron chi connectivity index (χ4n) is 1.54. The van der Waals surface area contributed by atoms with Crippen LogP contribution in [0, 0.1) is 6.92 Å². The average molecular weight is 233 g/mol. The van der Waals surface area contributed by atoms with E-state index in [1.54, 1.807) is 19.2 Å². The van der Waals surface area contributed by atoms with Gasteiger partial charge in [0.05, 0.1) is 13.3 Å². The van der Waals surface area contributed by atoms with Crippen molar-refractivity contribution in [3.8, 4) is 17.1 Å². The summed E-state index contributed by atoms with van der Waals surface area (Å²) in [5.74, 6) is -0.296. The first-order chi connectivity index (χ1) is 8.11. The van der Waals surface area contributed by atoms with E-state index in [0.29, 0.717) is 5.76 Å². The quantitative estimate of drug-likeness (QED) is 0.880. The Morgan fingerprint density at radius 3 is 2.76 bits per heavy atom. The molecule has 2 aromatic rings. The number of carboxylic acids is 1. The third-order valence-electron chi connectivity index (χ3n) is 2.37. The van der Waals surface area contributed by atoms with Gasteiger partial charge in [0.2, 0.25) is 0 Å². The number of hydrogen-bond acceptors (Lipinski definition) is 4. The largest absolute Gasteiger partial charge is 0.496 e. The molecule has 0 amide bonds. The molecule has 0 fully saturated rings. The lowest BCUT2D eigenvalue weighted by Crippen LogP contribution is -1.94. The summed E-state index contributed by atoms with van der Waals surface area (Å²) in [6, 6.07) is 5.44. The van der Waals surface area contributed by atoms with Gasteiger partial charge in [-0.3, -0.25) is 0 Å². The summed E-state index contributed by atoms with van der Waals surface area (Å²) in [7, 11) is 1.60. The van der Waals surface area contributed by atoms with Crippen molar-refractivity contribution in [3.63, 3.8) is 0 Å². The summed E-state index contributed by atoms with van der Waals surface area (Å²) in [6.07, 6.45) is 1.39. The topological polar surface area (TPSA) is 72.6 Å². The van der Waals surface area contributed by atoms with Crippen LogP contribution in [0.25, 0.3) is 11.3 Å². The molecule has 5 nitrogen and oxygen atoms in total. The lowest BCUT2D eigenvalue weighted by atomic mass is 10.1. The number of rotatable bonds is 3. The third-order valence-corrected chi connectivity index (χ3v) is 2.37. The number of benzene rings is 1. The van der Waals surface area contributed by atoms with Gasteiger partial charge in [-0.1, -0.05) is 0 Å². The highest BCUT2D eigenvalue weighted by Crippen LogP contribution is 2.26. The molecule has 0 saturated heterocycles. The van der Waals surface area contributed by atoms with E-state index >= 15 is 0 Å². The van der Waals surface area contributed by atoms with Crippen LogP contribution in [0.5, 0.6) is 5.75 Å². The number of carboxylic acid groups (broad SMARTS) is 1. The van der Waals surface area contributed by atoms with E-state index in [9.17, 15) is 4.79 Å². The lowest BCUT2D eigenvalue weighted by Gasteiger charge is -2.05. The normalized spacial score (nSPS) is 10.2. The fourth-order valence-corrected chi connectivity index (χ4v) is 1.54. The molecule has 0 aliphatic rings. The van der Waals surface area contributed by atoms with Gasteiger partial charge in [0, 0.05) is 5.56 Å². The van der Waals surface area contributed by atoms with Gasteiger partial charge in [-0.2, -0.15) is 0 Å². The minimum absolute atomic E-state index is 0.312. The molecular formula is C12H11NO4. The van der Waals surface area contributed by atoms with E-state index in [1.165, 1.54) is 6.20 Å². The Labute approximate surface area is 97.7 Å². The van der Waals surface area contributed by atoms with Crippen LogP contribution in [0.4, 0.5) is 0 Å². The van der Waals surface area contributed by atoms with Crippen molar-refractivity contribution in [2.24, 2.45) is 0 Å². The highest BCUT2D eigenvalue weighted by molar-refractivity contribution is 5.82. The van der Waals surface area contributed by atoms with E-state index in [4.69, 9.17) is 14.3 Å². The van der Waals surface area contributed by atoms with E-state index in [0.717, 1.165) is 16.9 Å². The fraction of sp³-hybridized carbons (Fsp3) is 0.167. The van der Waals surface area contributed by atoms with Crippen molar-refractivity contribution < 1.29 is 19.1 Å². The van der Waals surface area contributed by atoms with Crippen LogP contribution >= 0.6 is 0 Å². The number of oxazole rings is 1. The van der Waals surface area contributed by atoms with Crippen molar-refractivity contribution in [1.82, 2.24) is 4.98 Å². The molecule has 0 radical (unpaired) electrons. The number of ether oxygens (including phenoxy) is 1. The van der Waals surface area contributed by atoms with Crippen molar-refractivity contribution in [1.29, 1.82) is 0 Å². The Morgan fingerprint density at radius 1 is 1.47 bits per heavy atom. The molecular weight excluding hydrogens is 222 g/mol. The first-order valence-corrected chi connectivity index (χ1v) is 4.96. The maximum absolute atomic E-state index is 10.6. The van der Waals surface area contributed by atoms with Crippen LogP contribution in [0.1, 0.15) is 16.2 Å². The van der Waals surface area contributed by atoms with Crippen LogP contribution in [0.3, 0.4) is 0 Å². The zero-order valence-corrected chi connectivity index (χ0v) is 9.43. The second-order valence-electron chi connectivity index (χ2n) is 3.52. The smallest absolute Gasteiger partial charge is 0.392 e. The first-order valence-electron chi connectivity index (χ1n) is 4.96. The molecule has 1 heterocycles. The molecule has 88 valence electrons. The summed E-state index contributed by atoms with van der Waals surface area (Å²) >= 11 is 0. The number of aryl methyl sites for hydroxylation is 1.